The number of nitrogens with zero attached hydrogens (tertiary/aromatic N) is 1. The van der Waals surface area contributed by atoms with Crippen LogP contribution < -0.4 is 20.1 Å². The van der Waals surface area contributed by atoms with Crippen LogP contribution in [0.15, 0.2) is 35.3 Å². The van der Waals surface area contributed by atoms with Gasteiger partial charge in [0, 0.05) is 12.6 Å². The predicted molar refractivity (Wildman–Crippen MR) is 121 cm³/mol. The van der Waals surface area contributed by atoms with E-state index in [1.54, 1.807) is 7.11 Å². The molecular formula is C21H32IN3O2. The first-order valence-electron chi connectivity index (χ1n) is 9.82. The van der Waals surface area contributed by atoms with Gasteiger partial charge in [0.1, 0.15) is 0 Å². The molecule has 0 spiro atoms. The number of halogens is 1. The van der Waals surface area contributed by atoms with Gasteiger partial charge in [0.15, 0.2) is 17.5 Å². The van der Waals surface area contributed by atoms with Crippen LogP contribution in [0, 0.1) is 0 Å². The largest absolute Gasteiger partial charge is 0.493 e. The van der Waals surface area contributed by atoms with Crippen molar-refractivity contribution >= 4 is 29.9 Å². The highest BCUT2D eigenvalue weighted by atomic mass is 127. The SMILES string of the molecule is CCNC(=NCc1ccc(OC)c(OC2CCCC2)c1)NC1CC=CC1.I. The second-order valence-corrected chi connectivity index (χ2v) is 6.99. The smallest absolute Gasteiger partial charge is 0.191 e. The minimum atomic E-state index is 0. The third-order valence-electron chi connectivity index (χ3n) is 4.94. The van der Waals surface area contributed by atoms with Gasteiger partial charge in [-0.25, -0.2) is 4.99 Å². The van der Waals surface area contributed by atoms with Crippen molar-refractivity contribution in [2.24, 2.45) is 4.99 Å². The van der Waals surface area contributed by atoms with Crippen molar-refractivity contribution in [3.05, 3.63) is 35.9 Å². The third kappa shape index (κ3) is 6.59. The Morgan fingerprint density at radius 3 is 2.56 bits per heavy atom. The second kappa shape index (κ2) is 11.4. The van der Waals surface area contributed by atoms with Gasteiger partial charge in [-0.3, -0.25) is 0 Å². The topological polar surface area (TPSA) is 54.9 Å². The minimum Gasteiger partial charge on any atom is -0.493 e. The number of hydrogen-bond donors (Lipinski definition) is 2. The van der Waals surface area contributed by atoms with E-state index in [1.165, 1.54) is 12.8 Å². The summed E-state index contributed by atoms with van der Waals surface area (Å²) in [4.78, 5) is 4.75. The van der Waals surface area contributed by atoms with E-state index in [0.717, 1.165) is 55.3 Å². The normalized spacial score (nSPS) is 17.6. The number of benzene rings is 1. The first kappa shape index (κ1) is 21.9. The summed E-state index contributed by atoms with van der Waals surface area (Å²) in [6.07, 6.45) is 11.7. The van der Waals surface area contributed by atoms with Crippen LogP contribution in [0.2, 0.25) is 0 Å². The lowest BCUT2D eigenvalue weighted by molar-refractivity contribution is 0.200. The van der Waals surface area contributed by atoms with E-state index in [9.17, 15) is 0 Å². The van der Waals surface area contributed by atoms with Crippen molar-refractivity contribution in [1.29, 1.82) is 0 Å². The average molecular weight is 485 g/mol. The van der Waals surface area contributed by atoms with Crippen LogP contribution in [-0.4, -0.2) is 31.8 Å². The van der Waals surface area contributed by atoms with Gasteiger partial charge in [0.05, 0.1) is 19.8 Å². The Morgan fingerprint density at radius 2 is 1.89 bits per heavy atom. The van der Waals surface area contributed by atoms with Gasteiger partial charge in [-0.2, -0.15) is 0 Å². The van der Waals surface area contributed by atoms with E-state index in [-0.39, 0.29) is 24.0 Å². The zero-order valence-corrected chi connectivity index (χ0v) is 18.7. The number of aliphatic imine (C=N–C) groups is 1. The molecule has 1 aromatic carbocycles. The van der Waals surface area contributed by atoms with Crippen LogP contribution in [0.25, 0.3) is 0 Å². The summed E-state index contributed by atoms with van der Waals surface area (Å²) in [6, 6.07) is 6.56. The number of hydrogen-bond acceptors (Lipinski definition) is 3. The molecule has 0 unspecified atom stereocenters. The second-order valence-electron chi connectivity index (χ2n) is 6.99. The van der Waals surface area contributed by atoms with E-state index in [1.807, 2.05) is 6.07 Å². The Labute approximate surface area is 180 Å². The maximum Gasteiger partial charge on any atom is 0.191 e. The molecule has 2 aliphatic carbocycles. The summed E-state index contributed by atoms with van der Waals surface area (Å²) >= 11 is 0. The fourth-order valence-corrected chi connectivity index (χ4v) is 3.52. The molecule has 0 aromatic heterocycles. The van der Waals surface area contributed by atoms with Crippen LogP contribution in [0.1, 0.15) is 51.0 Å². The maximum absolute atomic E-state index is 6.19. The molecular weight excluding hydrogens is 453 g/mol. The molecule has 27 heavy (non-hydrogen) atoms. The van der Waals surface area contributed by atoms with Crippen molar-refractivity contribution in [2.75, 3.05) is 13.7 Å². The molecule has 5 nitrogen and oxygen atoms in total. The molecule has 1 saturated carbocycles. The molecule has 2 N–H and O–H groups in total. The summed E-state index contributed by atoms with van der Waals surface area (Å²) < 4.78 is 11.7. The predicted octanol–water partition coefficient (Wildman–Crippen LogP) is 4.41. The molecule has 150 valence electrons. The van der Waals surface area contributed by atoms with E-state index >= 15 is 0 Å². The lowest BCUT2D eigenvalue weighted by Gasteiger charge is -2.18. The first-order valence-corrected chi connectivity index (χ1v) is 9.82. The van der Waals surface area contributed by atoms with Crippen LogP contribution in [0.3, 0.4) is 0 Å². The van der Waals surface area contributed by atoms with Crippen molar-refractivity contribution in [1.82, 2.24) is 10.6 Å². The van der Waals surface area contributed by atoms with Crippen molar-refractivity contribution in [3.63, 3.8) is 0 Å². The lowest BCUT2D eigenvalue weighted by atomic mass is 10.2. The van der Waals surface area contributed by atoms with Gasteiger partial charge < -0.3 is 20.1 Å². The molecule has 0 aliphatic heterocycles. The summed E-state index contributed by atoms with van der Waals surface area (Å²) in [6.45, 7) is 3.55. The van der Waals surface area contributed by atoms with Gasteiger partial charge >= 0.3 is 0 Å². The van der Waals surface area contributed by atoms with Crippen LogP contribution in [0.5, 0.6) is 11.5 Å². The summed E-state index contributed by atoms with van der Waals surface area (Å²) in [5, 5.41) is 6.83. The first-order chi connectivity index (χ1) is 12.8. The number of guanidine groups is 1. The number of nitrogens with one attached hydrogen (secondary N) is 2. The molecule has 0 bridgehead atoms. The van der Waals surface area contributed by atoms with E-state index in [2.05, 4.69) is 41.8 Å². The molecule has 1 aromatic rings. The highest BCUT2D eigenvalue weighted by Gasteiger charge is 2.18. The molecule has 0 saturated heterocycles. The molecule has 1 fully saturated rings. The van der Waals surface area contributed by atoms with Crippen LogP contribution in [0.4, 0.5) is 0 Å². The molecule has 2 aliphatic rings. The Morgan fingerprint density at radius 1 is 1.15 bits per heavy atom. The summed E-state index contributed by atoms with van der Waals surface area (Å²) in [7, 11) is 1.69. The van der Waals surface area contributed by atoms with E-state index in [0.29, 0.717) is 18.7 Å². The zero-order chi connectivity index (χ0) is 18.2. The highest BCUT2D eigenvalue weighted by Crippen LogP contribution is 2.32. The fraction of sp³-hybridized carbons (Fsp3) is 0.571. The Kier molecular flexibility index (Phi) is 9.24. The molecule has 6 heteroatoms. The lowest BCUT2D eigenvalue weighted by Crippen LogP contribution is -2.42. The summed E-state index contributed by atoms with van der Waals surface area (Å²) in [5.74, 6) is 2.51. The molecule has 0 heterocycles. The quantitative estimate of drug-likeness (QED) is 0.260. The third-order valence-corrected chi connectivity index (χ3v) is 4.94. The van der Waals surface area contributed by atoms with Gasteiger partial charge in [-0.05, 0) is 63.1 Å². The Bertz CT molecular complexity index is 634. The molecule has 0 amide bonds. The highest BCUT2D eigenvalue weighted by molar-refractivity contribution is 14.0. The van der Waals surface area contributed by atoms with Crippen LogP contribution in [-0.2, 0) is 6.54 Å². The Hall–Kier alpha value is -1.44. The van der Waals surface area contributed by atoms with Crippen molar-refractivity contribution in [3.8, 4) is 11.5 Å². The van der Waals surface area contributed by atoms with Crippen LogP contribution >= 0.6 is 24.0 Å². The maximum atomic E-state index is 6.19. The van der Waals surface area contributed by atoms with Crippen molar-refractivity contribution in [2.45, 2.75) is 64.1 Å². The molecule has 0 radical (unpaired) electrons. The number of ether oxygens (including phenoxy) is 2. The summed E-state index contributed by atoms with van der Waals surface area (Å²) in [5.41, 5.74) is 1.13. The molecule has 0 atom stereocenters. The van der Waals surface area contributed by atoms with Gasteiger partial charge in [0.25, 0.3) is 0 Å². The Balaban J connectivity index is 0.00000261. The van der Waals surface area contributed by atoms with Gasteiger partial charge in [0.2, 0.25) is 0 Å². The zero-order valence-electron chi connectivity index (χ0n) is 16.4. The minimum absolute atomic E-state index is 0. The monoisotopic (exact) mass is 485 g/mol. The fourth-order valence-electron chi connectivity index (χ4n) is 3.52. The van der Waals surface area contributed by atoms with Gasteiger partial charge in [-0.15, -0.1) is 24.0 Å². The van der Waals surface area contributed by atoms with Gasteiger partial charge in [-0.1, -0.05) is 18.2 Å². The molecule has 3 rings (SSSR count). The average Bonchev–Trinajstić information content (AvgIpc) is 3.34. The van der Waals surface area contributed by atoms with E-state index < -0.39 is 0 Å². The van der Waals surface area contributed by atoms with Crippen molar-refractivity contribution < 1.29 is 9.47 Å². The van der Waals surface area contributed by atoms with E-state index in [4.69, 9.17) is 14.5 Å². The number of methoxy groups -OCH3 is 1. The standard InChI is InChI=1S/C21H31N3O2.HI/c1-3-22-21(24-17-8-4-5-9-17)23-15-16-12-13-19(25-2)20(14-16)26-18-10-6-7-11-18;/h4-5,12-14,17-18H,3,6-11,15H2,1-2H3,(H2,22,23,24);1H. The number of rotatable bonds is 7.